The molecule has 3 aliphatic rings. The van der Waals surface area contributed by atoms with E-state index >= 15 is 0 Å². The molecule has 0 bridgehead atoms. The van der Waals surface area contributed by atoms with Gasteiger partial charge >= 0.3 is 0 Å². The number of hydrogen-bond donors (Lipinski definition) is 4. The standard InChI is InChI=1S/C21H20IN5O3/c22-15-3-1-2-13-18(15)23-10-24-19(13)25-12-5-4-11-9-27(21(30)14(11)8-12)16-6-7-17(28)26-20(16)29/h1-5,8,16,19,23-25H,6-7,9-10H2,(H,26,28,29). The van der Waals surface area contributed by atoms with Crippen LogP contribution in [0.3, 0.4) is 0 Å². The van der Waals surface area contributed by atoms with Crippen LogP contribution >= 0.6 is 22.6 Å². The van der Waals surface area contributed by atoms with E-state index in [1.807, 2.05) is 24.3 Å². The Morgan fingerprint density at radius 1 is 1.13 bits per heavy atom. The molecular weight excluding hydrogens is 497 g/mol. The van der Waals surface area contributed by atoms with Crippen LogP contribution in [0.15, 0.2) is 36.4 Å². The van der Waals surface area contributed by atoms with Crippen molar-refractivity contribution in [1.29, 1.82) is 0 Å². The summed E-state index contributed by atoms with van der Waals surface area (Å²) in [4.78, 5) is 38.2. The maximum absolute atomic E-state index is 13.0. The summed E-state index contributed by atoms with van der Waals surface area (Å²) >= 11 is 2.32. The minimum atomic E-state index is -0.598. The van der Waals surface area contributed by atoms with E-state index in [0.29, 0.717) is 25.2 Å². The fraction of sp³-hybridized carbons (Fsp3) is 0.286. The van der Waals surface area contributed by atoms with Crippen LogP contribution in [-0.4, -0.2) is 35.3 Å². The van der Waals surface area contributed by atoms with Crippen LogP contribution < -0.4 is 21.3 Å². The molecule has 154 valence electrons. The maximum atomic E-state index is 13.0. The fourth-order valence-electron chi connectivity index (χ4n) is 4.26. The molecule has 9 heteroatoms. The lowest BCUT2D eigenvalue weighted by Gasteiger charge is -2.30. The molecule has 0 aliphatic carbocycles. The molecule has 0 aromatic heterocycles. The van der Waals surface area contributed by atoms with Crippen molar-refractivity contribution in [2.24, 2.45) is 0 Å². The molecule has 5 rings (SSSR count). The molecule has 8 nitrogen and oxygen atoms in total. The minimum absolute atomic E-state index is 0.0863. The summed E-state index contributed by atoms with van der Waals surface area (Å²) in [6.07, 6.45) is 0.532. The van der Waals surface area contributed by atoms with Gasteiger partial charge in [-0.1, -0.05) is 18.2 Å². The second kappa shape index (κ2) is 7.55. The Labute approximate surface area is 186 Å². The molecule has 0 spiro atoms. The van der Waals surface area contributed by atoms with Gasteiger partial charge in [0.05, 0.1) is 12.4 Å². The van der Waals surface area contributed by atoms with Crippen LogP contribution in [0, 0.1) is 3.57 Å². The molecule has 2 aromatic carbocycles. The number of nitrogens with one attached hydrogen (secondary N) is 4. The number of fused-ring (bicyclic) bond motifs is 2. The molecule has 3 aliphatic heterocycles. The summed E-state index contributed by atoms with van der Waals surface area (Å²) in [7, 11) is 0. The Morgan fingerprint density at radius 2 is 2.00 bits per heavy atom. The highest BCUT2D eigenvalue weighted by Gasteiger charge is 2.39. The van der Waals surface area contributed by atoms with E-state index in [1.54, 1.807) is 4.90 Å². The number of carbonyl (C=O) groups excluding carboxylic acids is 3. The SMILES string of the molecule is O=C1CCC(N2Cc3ccc(NC4NCNc5c(I)cccc54)cc3C2=O)C(=O)N1. The summed E-state index contributed by atoms with van der Waals surface area (Å²) < 4.78 is 1.16. The first-order valence-electron chi connectivity index (χ1n) is 9.81. The normalized spacial score (nSPS) is 22.8. The lowest BCUT2D eigenvalue weighted by atomic mass is 10.0. The number of rotatable bonds is 3. The Balaban J connectivity index is 1.37. The van der Waals surface area contributed by atoms with E-state index < -0.39 is 11.9 Å². The van der Waals surface area contributed by atoms with E-state index in [9.17, 15) is 14.4 Å². The van der Waals surface area contributed by atoms with Crippen molar-refractivity contribution in [3.8, 4) is 0 Å². The van der Waals surface area contributed by atoms with Crippen molar-refractivity contribution in [2.45, 2.75) is 31.6 Å². The summed E-state index contributed by atoms with van der Waals surface area (Å²) in [6.45, 7) is 1.02. The molecule has 0 saturated carbocycles. The maximum Gasteiger partial charge on any atom is 0.255 e. The molecule has 30 heavy (non-hydrogen) atoms. The van der Waals surface area contributed by atoms with Crippen molar-refractivity contribution in [1.82, 2.24) is 15.5 Å². The quantitative estimate of drug-likeness (QED) is 0.368. The number of nitrogens with zero attached hydrogens (tertiary/aromatic N) is 1. The zero-order valence-electron chi connectivity index (χ0n) is 16.0. The number of halogens is 1. The van der Waals surface area contributed by atoms with Crippen molar-refractivity contribution in [3.05, 3.63) is 56.7 Å². The lowest BCUT2D eigenvalue weighted by molar-refractivity contribution is -0.136. The molecular formula is C21H20IN5O3. The molecule has 2 aromatic rings. The van der Waals surface area contributed by atoms with Gasteiger partial charge in [-0.05, 0) is 52.8 Å². The number of benzene rings is 2. The number of carbonyl (C=O) groups is 3. The zero-order chi connectivity index (χ0) is 20.8. The smallest absolute Gasteiger partial charge is 0.255 e. The van der Waals surface area contributed by atoms with E-state index in [2.05, 4.69) is 56.0 Å². The third-order valence-corrected chi connectivity index (χ3v) is 6.67. The van der Waals surface area contributed by atoms with Crippen LogP contribution in [0.5, 0.6) is 0 Å². The molecule has 2 unspecified atom stereocenters. The van der Waals surface area contributed by atoms with Crippen molar-refractivity contribution in [3.63, 3.8) is 0 Å². The Bertz CT molecular complexity index is 1070. The summed E-state index contributed by atoms with van der Waals surface area (Å²) in [6, 6.07) is 11.3. The lowest BCUT2D eigenvalue weighted by Crippen LogP contribution is -2.52. The van der Waals surface area contributed by atoms with Crippen molar-refractivity contribution >= 4 is 51.7 Å². The van der Waals surface area contributed by atoms with E-state index in [0.717, 1.165) is 26.1 Å². The predicted molar refractivity (Wildman–Crippen MR) is 120 cm³/mol. The highest BCUT2D eigenvalue weighted by atomic mass is 127. The van der Waals surface area contributed by atoms with Crippen molar-refractivity contribution in [2.75, 3.05) is 17.3 Å². The number of para-hydroxylation sites is 1. The van der Waals surface area contributed by atoms with Gasteiger partial charge in [0.1, 0.15) is 12.2 Å². The van der Waals surface area contributed by atoms with Gasteiger partial charge in [-0.15, -0.1) is 0 Å². The van der Waals surface area contributed by atoms with Crippen LogP contribution in [0.25, 0.3) is 0 Å². The molecule has 2 atom stereocenters. The van der Waals surface area contributed by atoms with E-state index in [4.69, 9.17) is 0 Å². The van der Waals surface area contributed by atoms with Gasteiger partial charge in [0.2, 0.25) is 11.8 Å². The topological polar surface area (TPSA) is 103 Å². The Kier molecular flexibility index (Phi) is 4.86. The second-order valence-corrected chi connectivity index (χ2v) is 8.77. The van der Waals surface area contributed by atoms with Gasteiger partial charge in [-0.2, -0.15) is 0 Å². The first-order chi connectivity index (χ1) is 14.5. The predicted octanol–water partition coefficient (Wildman–Crippen LogP) is 2.14. The van der Waals surface area contributed by atoms with Crippen LogP contribution in [0.1, 0.15) is 40.5 Å². The van der Waals surface area contributed by atoms with Crippen LogP contribution in [-0.2, 0) is 16.1 Å². The van der Waals surface area contributed by atoms with Gasteiger partial charge in [0.25, 0.3) is 5.91 Å². The average molecular weight is 517 g/mol. The average Bonchev–Trinajstić information content (AvgIpc) is 3.05. The van der Waals surface area contributed by atoms with E-state index in [-0.39, 0.29) is 24.4 Å². The van der Waals surface area contributed by atoms with Gasteiger partial charge in [-0.3, -0.25) is 25.0 Å². The third kappa shape index (κ3) is 3.31. The number of imide groups is 1. The molecule has 0 radical (unpaired) electrons. The van der Waals surface area contributed by atoms with Gasteiger partial charge in [-0.25, -0.2) is 0 Å². The molecule has 3 heterocycles. The summed E-state index contributed by atoms with van der Waals surface area (Å²) in [5, 5.41) is 12.6. The first kappa shape index (κ1) is 19.3. The second-order valence-electron chi connectivity index (χ2n) is 7.61. The number of hydrogen-bond acceptors (Lipinski definition) is 6. The number of anilines is 2. The molecule has 4 N–H and O–H groups in total. The van der Waals surface area contributed by atoms with Crippen LogP contribution in [0.4, 0.5) is 11.4 Å². The first-order valence-corrected chi connectivity index (χ1v) is 10.9. The van der Waals surface area contributed by atoms with Gasteiger partial charge < -0.3 is 15.5 Å². The van der Waals surface area contributed by atoms with E-state index in [1.165, 1.54) is 0 Å². The summed E-state index contributed by atoms with van der Waals surface area (Å²) in [5.74, 6) is -0.844. The highest BCUT2D eigenvalue weighted by molar-refractivity contribution is 14.1. The van der Waals surface area contributed by atoms with Gasteiger partial charge in [0, 0.05) is 33.4 Å². The molecule has 3 amide bonds. The minimum Gasteiger partial charge on any atom is -0.371 e. The Morgan fingerprint density at radius 3 is 2.83 bits per heavy atom. The summed E-state index contributed by atoms with van der Waals surface area (Å²) in [5.41, 5.74) is 4.54. The highest BCUT2D eigenvalue weighted by Crippen LogP contribution is 2.33. The fourth-order valence-corrected chi connectivity index (χ4v) is 4.97. The molecule has 1 fully saturated rings. The number of piperidine rings is 1. The zero-order valence-corrected chi connectivity index (χ0v) is 18.2. The van der Waals surface area contributed by atoms with Crippen LogP contribution in [0.2, 0.25) is 0 Å². The van der Waals surface area contributed by atoms with Crippen molar-refractivity contribution < 1.29 is 14.4 Å². The largest absolute Gasteiger partial charge is 0.371 e. The monoisotopic (exact) mass is 517 g/mol. The third-order valence-electron chi connectivity index (χ3n) is 5.77. The molecule has 1 saturated heterocycles. The Hall–Kier alpha value is -2.66. The van der Waals surface area contributed by atoms with Gasteiger partial charge in [0.15, 0.2) is 0 Å². The number of amides is 3.